The summed E-state index contributed by atoms with van der Waals surface area (Å²) >= 11 is 6.03. The Morgan fingerprint density at radius 2 is 1.93 bits per heavy atom. The number of nitrogens with zero attached hydrogens (tertiary/aromatic N) is 4. The van der Waals surface area contributed by atoms with Crippen LogP contribution in [-0.2, 0) is 0 Å². The zero-order chi connectivity index (χ0) is 20.4. The summed E-state index contributed by atoms with van der Waals surface area (Å²) < 4.78 is 0. The average molecular weight is 410 g/mol. The van der Waals surface area contributed by atoms with Gasteiger partial charge in [0.05, 0.1) is 11.7 Å². The molecule has 1 fully saturated rings. The average Bonchev–Trinajstić information content (AvgIpc) is 2.73. The van der Waals surface area contributed by atoms with E-state index < -0.39 is 0 Å². The molecule has 0 aliphatic carbocycles. The Morgan fingerprint density at radius 3 is 2.72 bits per heavy atom. The molecule has 150 valence electrons. The summed E-state index contributed by atoms with van der Waals surface area (Å²) in [6.07, 6.45) is 1.66. The van der Waals surface area contributed by atoms with Gasteiger partial charge in [-0.15, -0.1) is 0 Å². The summed E-state index contributed by atoms with van der Waals surface area (Å²) in [7, 11) is 0. The second-order valence-electron chi connectivity index (χ2n) is 7.59. The number of rotatable bonds is 3. The second kappa shape index (κ2) is 8.25. The van der Waals surface area contributed by atoms with Gasteiger partial charge in [-0.05, 0) is 23.4 Å². The summed E-state index contributed by atoms with van der Waals surface area (Å²) in [5.74, 6) is 0.896. The van der Waals surface area contributed by atoms with E-state index in [0.717, 1.165) is 16.5 Å². The number of fused-ring (bicyclic) bond motifs is 1. The van der Waals surface area contributed by atoms with Crippen LogP contribution in [-0.4, -0.2) is 46.6 Å². The van der Waals surface area contributed by atoms with Crippen LogP contribution in [0, 0.1) is 5.92 Å². The number of urea groups is 1. The van der Waals surface area contributed by atoms with Gasteiger partial charge in [0, 0.05) is 31.2 Å². The Labute approximate surface area is 175 Å². The maximum absolute atomic E-state index is 13.2. The van der Waals surface area contributed by atoms with E-state index in [4.69, 9.17) is 11.6 Å². The molecule has 1 aliphatic heterocycles. The lowest BCUT2D eigenvalue weighted by molar-refractivity contribution is 0.156. The van der Waals surface area contributed by atoms with Crippen LogP contribution in [0.25, 0.3) is 10.8 Å². The molecule has 1 saturated heterocycles. The van der Waals surface area contributed by atoms with Crippen LogP contribution in [0.3, 0.4) is 0 Å². The highest BCUT2D eigenvalue weighted by Gasteiger charge is 2.33. The van der Waals surface area contributed by atoms with Gasteiger partial charge in [0.25, 0.3) is 0 Å². The van der Waals surface area contributed by atoms with Crippen molar-refractivity contribution in [2.24, 2.45) is 5.92 Å². The highest BCUT2D eigenvalue weighted by molar-refractivity contribution is 6.29. The molecule has 0 spiro atoms. The monoisotopic (exact) mass is 409 g/mol. The maximum Gasteiger partial charge on any atom is 0.322 e. The quantitative estimate of drug-likeness (QED) is 0.639. The minimum absolute atomic E-state index is 0.0429. The second-order valence-corrected chi connectivity index (χ2v) is 7.97. The molecule has 29 heavy (non-hydrogen) atoms. The lowest BCUT2D eigenvalue weighted by Crippen LogP contribution is -2.58. The minimum Gasteiger partial charge on any atom is -0.337 e. The molecule has 2 amide bonds. The van der Waals surface area contributed by atoms with Gasteiger partial charge in [-0.1, -0.05) is 61.8 Å². The number of nitrogens with one attached hydrogen (secondary N) is 1. The van der Waals surface area contributed by atoms with Gasteiger partial charge < -0.3 is 15.1 Å². The predicted octanol–water partition coefficient (Wildman–Crippen LogP) is 4.66. The molecule has 1 aliphatic rings. The van der Waals surface area contributed by atoms with Crippen molar-refractivity contribution in [2.75, 3.05) is 29.9 Å². The van der Waals surface area contributed by atoms with Gasteiger partial charge in [0.2, 0.25) is 5.95 Å². The standard InChI is InChI=1S/C22H24ClN5O/c1-15(2)19-14-27(21-24-11-10-20(23)26-21)12-13-28(19)22(29)25-18-9-5-7-16-6-3-4-8-17(16)18/h3-11,15,19H,12-14H2,1-2H3,(H,25,29). The smallest absolute Gasteiger partial charge is 0.322 e. The summed E-state index contributed by atoms with van der Waals surface area (Å²) in [5.41, 5.74) is 0.830. The lowest BCUT2D eigenvalue weighted by atomic mass is 10.00. The zero-order valence-electron chi connectivity index (χ0n) is 16.5. The van der Waals surface area contributed by atoms with Crippen molar-refractivity contribution in [3.63, 3.8) is 0 Å². The number of benzene rings is 2. The van der Waals surface area contributed by atoms with E-state index in [1.165, 1.54) is 0 Å². The van der Waals surface area contributed by atoms with Gasteiger partial charge in [-0.3, -0.25) is 0 Å². The maximum atomic E-state index is 13.2. The van der Waals surface area contributed by atoms with Crippen molar-refractivity contribution in [3.05, 3.63) is 59.9 Å². The largest absolute Gasteiger partial charge is 0.337 e. The van der Waals surface area contributed by atoms with Crippen molar-refractivity contribution in [1.29, 1.82) is 0 Å². The molecule has 0 bridgehead atoms. The molecule has 1 atom stereocenters. The number of anilines is 2. The summed E-state index contributed by atoms with van der Waals surface area (Å²) in [4.78, 5) is 25.9. The molecule has 4 rings (SSSR count). The summed E-state index contributed by atoms with van der Waals surface area (Å²) in [6.45, 7) is 6.18. The van der Waals surface area contributed by atoms with E-state index in [1.54, 1.807) is 12.3 Å². The van der Waals surface area contributed by atoms with Crippen LogP contribution >= 0.6 is 11.6 Å². The third-order valence-electron chi connectivity index (χ3n) is 5.37. The number of carbonyl (C=O) groups is 1. The highest BCUT2D eigenvalue weighted by atomic mass is 35.5. The first-order valence-corrected chi connectivity index (χ1v) is 10.2. The third-order valence-corrected chi connectivity index (χ3v) is 5.58. The molecule has 0 radical (unpaired) electrons. The summed E-state index contributed by atoms with van der Waals surface area (Å²) in [6, 6.07) is 15.6. The molecule has 7 heteroatoms. The Morgan fingerprint density at radius 1 is 1.14 bits per heavy atom. The van der Waals surface area contributed by atoms with Crippen LogP contribution < -0.4 is 10.2 Å². The van der Waals surface area contributed by atoms with E-state index >= 15 is 0 Å². The number of hydrogen-bond acceptors (Lipinski definition) is 4. The molecule has 2 aromatic carbocycles. The Balaban J connectivity index is 1.53. The first-order valence-electron chi connectivity index (χ1n) is 9.82. The molecule has 1 N–H and O–H groups in total. The molecule has 2 heterocycles. The van der Waals surface area contributed by atoms with Crippen LogP contribution in [0.5, 0.6) is 0 Å². The highest BCUT2D eigenvalue weighted by Crippen LogP contribution is 2.26. The molecule has 1 unspecified atom stereocenters. The first kappa shape index (κ1) is 19.5. The first-order chi connectivity index (χ1) is 14.0. The van der Waals surface area contributed by atoms with Gasteiger partial charge in [-0.25, -0.2) is 14.8 Å². The molecule has 0 saturated carbocycles. The zero-order valence-corrected chi connectivity index (χ0v) is 17.3. The number of amides is 2. The van der Waals surface area contributed by atoms with Gasteiger partial charge in [0.15, 0.2) is 0 Å². The van der Waals surface area contributed by atoms with Crippen molar-refractivity contribution < 1.29 is 4.79 Å². The Bertz CT molecular complexity index is 1020. The Kier molecular flexibility index (Phi) is 5.53. The van der Waals surface area contributed by atoms with Crippen molar-refractivity contribution in [1.82, 2.24) is 14.9 Å². The van der Waals surface area contributed by atoms with Crippen LogP contribution in [0.4, 0.5) is 16.4 Å². The van der Waals surface area contributed by atoms with Gasteiger partial charge >= 0.3 is 6.03 Å². The van der Waals surface area contributed by atoms with E-state index in [-0.39, 0.29) is 18.0 Å². The number of piperazine rings is 1. The fourth-order valence-corrected chi connectivity index (χ4v) is 3.95. The molecule has 3 aromatic rings. The van der Waals surface area contributed by atoms with Crippen LogP contribution in [0.2, 0.25) is 5.15 Å². The number of carbonyl (C=O) groups excluding carboxylic acids is 1. The molecule has 6 nitrogen and oxygen atoms in total. The van der Waals surface area contributed by atoms with Crippen molar-refractivity contribution >= 4 is 40.0 Å². The van der Waals surface area contributed by atoms with Crippen LogP contribution in [0.1, 0.15) is 13.8 Å². The third kappa shape index (κ3) is 4.12. The van der Waals surface area contributed by atoms with E-state index in [9.17, 15) is 4.79 Å². The SMILES string of the molecule is CC(C)C1CN(c2nccc(Cl)n2)CCN1C(=O)Nc1cccc2ccccc12. The van der Waals surface area contributed by atoms with Gasteiger partial charge in [-0.2, -0.15) is 0 Å². The van der Waals surface area contributed by atoms with Crippen molar-refractivity contribution in [2.45, 2.75) is 19.9 Å². The normalized spacial score (nSPS) is 17.0. The molecule has 1 aromatic heterocycles. The number of aromatic nitrogens is 2. The minimum atomic E-state index is -0.0771. The van der Waals surface area contributed by atoms with E-state index in [0.29, 0.717) is 30.7 Å². The summed E-state index contributed by atoms with van der Waals surface area (Å²) in [5, 5.41) is 5.69. The Hall–Kier alpha value is -2.86. The van der Waals surface area contributed by atoms with E-state index in [1.807, 2.05) is 47.4 Å². The van der Waals surface area contributed by atoms with Crippen LogP contribution in [0.15, 0.2) is 54.7 Å². The fourth-order valence-electron chi connectivity index (χ4n) is 3.82. The number of halogens is 1. The van der Waals surface area contributed by atoms with Crippen molar-refractivity contribution in [3.8, 4) is 0 Å². The lowest BCUT2D eigenvalue weighted by Gasteiger charge is -2.43. The fraction of sp³-hybridized carbons (Fsp3) is 0.318. The van der Waals surface area contributed by atoms with Gasteiger partial charge in [0.1, 0.15) is 5.15 Å². The predicted molar refractivity (Wildman–Crippen MR) is 118 cm³/mol. The molecular formula is C22H24ClN5O. The number of hydrogen-bond donors (Lipinski definition) is 1. The topological polar surface area (TPSA) is 61.4 Å². The van der Waals surface area contributed by atoms with E-state index in [2.05, 4.69) is 34.0 Å². The molecular weight excluding hydrogens is 386 g/mol.